The molecule has 8 nitrogen and oxygen atoms in total. The molecule has 0 aliphatic carbocycles. The molecule has 0 saturated heterocycles. The van der Waals surface area contributed by atoms with Crippen molar-refractivity contribution in [3.63, 3.8) is 0 Å². The predicted molar refractivity (Wildman–Crippen MR) is 105 cm³/mol. The fourth-order valence-electron chi connectivity index (χ4n) is 2.77. The SMILES string of the molecule is C[C@H](NC(=O)c1ncc2cc(Oc3ccccc3)ccc2c1COCO)C(=O)O. The van der Waals surface area contributed by atoms with Crippen LogP contribution >= 0.6 is 0 Å². The number of fused-ring (bicyclic) bond motifs is 1. The quantitative estimate of drug-likeness (QED) is 0.501. The highest BCUT2D eigenvalue weighted by atomic mass is 16.6. The molecule has 1 amide bonds. The van der Waals surface area contributed by atoms with E-state index in [4.69, 9.17) is 19.7 Å². The van der Waals surface area contributed by atoms with Crippen LogP contribution in [-0.2, 0) is 16.1 Å². The molecule has 3 aromatic rings. The van der Waals surface area contributed by atoms with E-state index in [1.165, 1.54) is 13.1 Å². The van der Waals surface area contributed by atoms with Gasteiger partial charge in [0.2, 0.25) is 0 Å². The number of nitrogens with one attached hydrogen (secondary N) is 1. The number of aromatic nitrogens is 1. The summed E-state index contributed by atoms with van der Waals surface area (Å²) in [6, 6.07) is 13.5. The molecule has 0 unspecified atom stereocenters. The van der Waals surface area contributed by atoms with Gasteiger partial charge in [-0.2, -0.15) is 0 Å². The largest absolute Gasteiger partial charge is 0.480 e. The maximum absolute atomic E-state index is 12.5. The third kappa shape index (κ3) is 4.87. The molecule has 0 saturated carbocycles. The molecule has 8 heteroatoms. The Morgan fingerprint density at radius 2 is 1.90 bits per heavy atom. The highest BCUT2D eigenvalue weighted by Gasteiger charge is 2.21. The highest BCUT2D eigenvalue weighted by molar-refractivity contribution is 6.00. The van der Waals surface area contributed by atoms with E-state index in [-0.39, 0.29) is 12.3 Å². The number of aliphatic hydroxyl groups is 1. The van der Waals surface area contributed by atoms with Gasteiger partial charge in [-0.15, -0.1) is 0 Å². The number of aliphatic hydroxyl groups excluding tert-OH is 1. The van der Waals surface area contributed by atoms with Crippen molar-refractivity contribution in [2.45, 2.75) is 19.6 Å². The van der Waals surface area contributed by atoms with Crippen LogP contribution in [0, 0.1) is 0 Å². The molecular weight excluding hydrogens is 376 g/mol. The fraction of sp³-hybridized carbons (Fsp3) is 0.190. The van der Waals surface area contributed by atoms with Crippen LogP contribution in [0.4, 0.5) is 0 Å². The number of amides is 1. The third-order valence-corrected chi connectivity index (χ3v) is 4.22. The van der Waals surface area contributed by atoms with Crippen LogP contribution in [-0.4, -0.2) is 39.9 Å². The molecule has 150 valence electrons. The fourth-order valence-corrected chi connectivity index (χ4v) is 2.77. The first-order chi connectivity index (χ1) is 14.0. The van der Waals surface area contributed by atoms with Gasteiger partial charge in [-0.3, -0.25) is 14.6 Å². The number of ether oxygens (including phenoxy) is 2. The Bertz CT molecular complexity index is 1020. The lowest BCUT2D eigenvalue weighted by atomic mass is 10.0. The number of rotatable bonds is 8. The van der Waals surface area contributed by atoms with Gasteiger partial charge in [-0.05, 0) is 36.6 Å². The first kappa shape index (κ1) is 20.2. The van der Waals surface area contributed by atoms with E-state index >= 15 is 0 Å². The lowest BCUT2D eigenvalue weighted by molar-refractivity contribution is -0.138. The molecule has 1 heterocycles. The number of hydrogen-bond acceptors (Lipinski definition) is 6. The summed E-state index contributed by atoms with van der Waals surface area (Å²) in [4.78, 5) is 27.7. The molecule has 0 spiro atoms. The second-order valence-electron chi connectivity index (χ2n) is 6.26. The minimum absolute atomic E-state index is 0.0378. The number of pyridine rings is 1. The van der Waals surface area contributed by atoms with Crippen molar-refractivity contribution < 1.29 is 29.3 Å². The maximum Gasteiger partial charge on any atom is 0.325 e. The average molecular weight is 396 g/mol. The van der Waals surface area contributed by atoms with Gasteiger partial charge < -0.3 is 25.0 Å². The van der Waals surface area contributed by atoms with Crippen LogP contribution in [0.3, 0.4) is 0 Å². The number of nitrogens with zero attached hydrogens (tertiary/aromatic N) is 1. The Morgan fingerprint density at radius 3 is 2.59 bits per heavy atom. The minimum atomic E-state index is -1.16. The number of benzene rings is 2. The van der Waals surface area contributed by atoms with Gasteiger partial charge in [-0.1, -0.05) is 24.3 Å². The third-order valence-electron chi connectivity index (χ3n) is 4.22. The van der Waals surface area contributed by atoms with Crippen molar-refractivity contribution in [2.75, 3.05) is 6.79 Å². The van der Waals surface area contributed by atoms with E-state index in [1.54, 1.807) is 18.2 Å². The lowest BCUT2D eigenvalue weighted by Crippen LogP contribution is -2.39. The minimum Gasteiger partial charge on any atom is -0.480 e. The Morgan fingerprint density at radius 1 is 1.14 bits per heavy atom. The molecule has 3 rings (SSSR count). The molecule has 0 bridgehead atoms. The summed E-state index contributed by atoms with van der Waals surface area (Å²) in [5.41, 5.74) is 0.480. The summed E-state index contributed by atoms with van der Waals surface area (Å²) >= 11 is 0. The number of carbonyl (C=O) groups is 2. The number of carboxylic acid groups (broad SMARTS) is 1. The zero-order valence-electron chi connectivity index (χ0n) is 15.7. The van der Waals surface area contributed by atoms with Crippen molar-refractivity contribution >= 4 is 22.6 Å². The highest BCUT2D eigenvalue weighted by Crippen LogP contribution is 2.28. The van der Waals surface area contributed by atoms with Crippen molar-refractivity contribution in [2.24, 2.45) is 0 Å². The summed E-state index contributed by atoms with van der Waals surface area (Å²) < 4.78 is 10.9. The van der Waals surface area contributed by atoms with Crippen LogP contribution in [0.15, 0.2) is 54.7 Å². The molecule has 3 N–H and O–H groups in total. The van der Waals surface area contributed by atoms with Gasteiger partial charge in [0.05, 0.1) is 6.61 Å². The molecular formula is C21H20N2O6. The van der Waals surface area contributed by atoms with Crippen LogP contribution in [0.1, 0.15) is 23.0 Å². The van der Waals surface area contributed by atoms with Crippen LogP contribution < -0.4 is 10.1 Å². The number of carboxylic acids is 1. The first-order valence-corrected chi connectivity index (χ1v) is 8.86. The molecule has 2 aromatic carbocycles. The topological polar surface area (TPSA) is 118 Å². The van der Waals surface area contributed by atoms with E-state index in [2.05, 4.69) is 10.3 Å². The predicted octanol–water partition coefficient (Wildman–Crippen LogP) is 2.70. The molecule has 1 aromatic heterocycles. The molecule has 0 fully saturated rings. The molecule has 29 heavy (non-hydrogen) atoms. The van der Waals surface area contributed by atoms with E-state index < -0.39 is 24.7 Å². The molecule has 0 aliphatic rings. The van der Waals surface area contributed by atoms with Crippen LogP contribution in [0.2, 0.25) is 0 Å². The van der Waals surface area contributed by atoms with E-state index in [1.807, 2.05) is 30.3 Å². The molecule has 0 radical (unpaired) electrons. The average Bonchev–Trinajstić information content (AvgIpc) is 2.72. The standard InChI is InChI=1S/C21H20N2O6/c1-13(21(26)27)23-20(25)19-18(11-28-12-24)17-8-7-16(9-14(17)10-22-19)29-15-5-3-2-4-6-15/h2-10,13,24H,11-12H2,1H3,(H,23,25)(H,26,27)/t13-/m0/s1. The van der Waals surface area contributed by atoms with E-state index in [9.17, 15) is 9.59 Å². The van der Waals surface area contributed by atoms with Crippen LogP contribution in [0.25, 0.3) is 10.8 Å². The normalized spacial score (nSPS) is 11.8. The zero-order chi connectivity index (χ0) is 20.8. The summed E-state index contributed by atoms with van der Waals surface area (Å²) in [6.07, 6.45) is 1.51. The van der Waals surface area contributed by atoms with E-state index in [0.29, 0.717) is 27.8 Å². The number of para-hydroxylation sites is 1. The van der Waals surface area contributed by atoms with Gasteiger partial charge in [0.1, 0.15) is 30.0 Å². The molecule has 0 aliphatic heterocycles. The summed E-state index contributed by atoms with van der Waals surface area (Å²) in [7, 11) is 0. The Balaban J connectivity index is 1.96. The Labute approximate surface area is 166 Å². The van der Waals surface area contributed by atoms with Gasteiger partial charge >= 0.3 is 5.97 Å². The lowest BCUT2D eigenvalue weighted by Gasteiger charge is -2.15. The van der Waals surface area contributed by atoms with E-state index in [0.717, 1.165) is 0 Å². The summed E-state index contributed by atoms with van der Waals surface area (Å²) in [5.74, 6) is -0.517. The second kappa shape index (κ2) is 9.13. The summed E-state index contributed by atoms with van der Waals surface area (Å²) in [5, 5.41) is 21.8. The monoisotopic (exact) mass is 396 g/mol. The van der Waals surface area contributed by atoms with Gasteiger partial charge in [0.25, 0.3) is 5.91 Å². The smallest absolute Gasteiger partial charge is 0.325 e. The first-order valence-electron chi connectivity index (χ1n) is 8.86. The molecule has 1 atom stereocenters. The van der Waals surface area contributed by atoms with Crippen molar-refractivity contribution in [3.8, 4) is 11.5 Å². The van der Waals surface area contributed by atoms with Crippen molar-refractivity contribution in [3.05, 3.63) is 66.0 Å². The van der Waals surface area contributed by atoms with Crippen molar-refractivity contribution in [1.82, 2.24) is 10.3 Å². The van der Waals surface area contributed by atoms with Gasteiger partial charge in [0.15, 0.2) is 0 Å². The van der Waals surface area contributed by atoms with Crippen molar-refractivity contribution in [1.29, 1.82) is 0 Å². The second-order valence-corrected chi connectivity index (χ2v) is 6.26. The van der Waals surface area contributed by atoms with Gasteiger partial charge in [-0.25, -0.2) is 0 Å². The van der Waals surface area contributed by atoms with Crippen LogP contribution in [0.5, 0.6) is 11.5 Å². The number of aliphatic carboxylic acids is 1. The number of hydrogen-bond donors (Lipinski definition) is 3. The zero-order valence-corrected chi connectivity index (χ0v) is 15.7. The van der Waals surface area contributed by atoms with Gasteiger partial charge in [0, 0.05) is 17.1 Å². The number of carbonyl (C=O) groups excluding carboxylic acids is 1. The summed E-state index contributed by atoms with van der Waals surface area (Å²) in [6.45, 7) is 0.764. The Kier molecular flexibility index (Phi) is 6.38. The Hall–Kier alpha value is -3.49. The maximum atomic E-state index is 12.5.